The quantitative estimate of drug-likeness (QED) is 0.207. The number of nitrogens with one attached hydrogen (secondary N) is 3. The Balaban J connectivity index is 1.30. The van der Waals surface area contributed by atoms with Crippen LogP contribution in [-0.2, 0) is 14.4 Å². The Hall–Kier alpha value is -5.26. The fourth-order valence-corrected chi connectivity index (χ4v) is 4.45. The molecular formula is C27H23FN6O5. The number of nitrogens with two attached hydrogens (primary N) is 2. The van der Waals surface area contributed by atoms with Crippen molar-refractivity contribution >= 4 is 40.3 Å². The van der Waals surface area contributed by atoms with Gasteiger partial charge in [0.15, 0.2) is 0 Å². The monoisotopic (exact) mass is 530 g/mol. The molecule has 2 atom stereocenters. The molecule has 198 valence electrons. The predicted octanol–water partition coefficient (Wildman–Crippen LogP) is 2.31. The highest BCUT2D eigenvalue weighted by Gasteiger charge is 2.65. The highest BCUT2D eigenvalue weighted by Crippen LogP contribution is 2.60. The fourth-order valence-electron chi connectivity index (χ4n) is 4.45. The van der Waals surface area contributed by atoms with Crippen molar-refractivity contribution in [1.82, 2.24) is 15.3 Å². The lowest BCUT2D eigenvalue weighted by Crippen LogP contribution is -2.37. The van der Waals surface area contributed by atoms with E-state index in [0.29, 0.717) is 28.2 Å². The summed E-state index contributed by atoms with van der Waals surface area (Å²) in [7, 11) is 0. The first-order chi connectivity index (χ1) is 18.7. The van der Waals surface area contributed by atoms with Crippen LogP contribution in [0.5, 0.6) is 11.5 Å². The van der Waals surface area contributed by atoms with Crippen LogP contribution in [0.4, 0.5) is 10.1 Å². The lowest BCUT2D eigenvalue weighted by molar-refractivity contribution is -0.132. The highest BCUT2D eigenvalue weighted by atomic mass is 19.1. The zero-order chi connectivity index (χ0) is 27.7. The first-order valence-corrected chi connectivity index (χ1v) is 11.9. The fraction of sp³-hybridized carbons (Fsp3) is 0.148. The topological polar surface area (TPSA) is 182 Å². The third kappa shape index (κ3) is 4.99. The molecule has 12 heteroatoms. The summed E-state index contributed by atoms with van der Waals surface area (Å²) in [5, 5.41) is 5.59. The van der Waals surface area contributed by atoms with Crippen molar-refractivity contribution in [2.24, 2.45) is 16.9 Å². The molecule has 2 unspecified atom stereocenters. The van der Waals surface area contributed by atoms with Gasteiger partial charge in [-0.25, -0.2) is 9.37 Å². The number of hydrogen-bond donors (Lipinski definition) is 5. The molecule has 0 spiro atoms. The molecule has 0 saturated heterocycles. The number of anilines is 1. The molecule has 2 heterocycles. The molecule has 0 bridgehead atoms. The summed E-state index contributed by atoms with van der Waals surface area (Å²) < 4.78 is 19.2. The van der Waals surface area contributed by atoms with Gasteiger partial charge in [-0.1, -0.05) is 12.1 Å². The van der Waals surface area contributed by atoms with Crippen LogP contribution in [-0.4, -0.2) is 40.1 Å². The minimum Gasteiger partial charge on any atom is -0.457 e. The second kappa shape index (κ2) is 9.89. The number of pyridine rings is 1. The van der Waals surface area contributed by atoms with E-state index in [1.165, 1.54) is 30.5 Å². The number of carbonyl (C=O) groups excluding carboxylic acids is 4. The molecule has 0 aliphatic heterocycles. The molecule has 2 aromatic carbocycles. The predicted molar refractivity (Wildman–Crippen MR) is 138 cm³/mol. The van der Waals surface area contributed by atoms with Gasteiger partial charge in [0, 0.05) is 17.8 Å². The maximum atomic E-state index is 13.2. The van der Waals surface area contributed by atoms with Gasteiger partial charge in [0.1, 0.15) is 34.1 Å². The van der Waals surface area contributed by atoms with Crippen LogP contribution in [0.15, 0.2) is 66.9 Å². The van der Waals surface area contributed by atoms with Gasteiger partial charge < -0.3 is 31.8 Å². The van der Waals surface area contributed by atoms with Crippen LogP contribution in [0.25, 0.3) is 11.0 Å². The Morgan fingerprint density at radius 2 is 1.77 bits per heavy atom. The molecule has 4 amide bonds. The summed E-state index contributed by atoms with van der Waals surface area (Å²) in [6.45, 7) is -0.302. The molecule has 1 fully saturated rings. The number of H-pyrrole nitrogens is 1. The van der Waals surface area contributed by atoms with E-state index in [-0.39, 0.29) is 18.7 Å². The summed E-state index contributed by atoms with van der Waals surface area (Å²) in [6, 6.07) is 15.3. The second-order valence-electron chi connectivity index (χ2n) is 9.13. The SMILES string of the molecule is NC(=O)CNC(=O)c1cc2c(Oc3ccc(C4CC4(C(N)=O)C(=O)Nc4ccc(F)cc4)cc3)ccnc2[nH]1. The van der Waals surface area contributed by atoms with Crippen LogP contribution in [0.3, 0.4) is 0 Å². The lowest BCUT2D eigenvalue weighted by Gasteiger charge is -2.14. The number of aromatic nitrogens is 2. The third-order valence-corrected chi connectivity index (χ3v) is 6.58. The van der Waals surface area contributed by atoms with E-state index in [0.717, 1.165) is 5.56 Å². The standard InChI is InChI=1S/C27H23FN6O5/c28-15-3-5-16(6-4-15)33-26(38)27(25(30)37)12-19(27)14-1-7-17(8-2-14)39-21-9-10-31-23-18(21)11-20(34-23)24(36)32-13-22(29)35/h1-11,19H,12-13H2,(H2,29,35)(H2,30,37)(H,31,34)(H,32,36)(H,33,38). The number of nitrogens with zero attached hydrogens (tertiary/aromatic N) is 1. The van der Waals surface area contributed by atoms with Crippen molar-refractivity contribution < 1.29 is 28.3 Å². The number of amides is 4. The minimum atomic E-state index is -1.41. The van der Waals surface area contributed by atoms with Crippen molar-refractivity contribution in [2.75, 3.05) is 11.9 Å². The van der Waals surface area contributed by atoms with Crippen LogP contribution >= 0.6 is 0 Å². The van der Waals surface area contributed by atoms with E-state index in [9.17, 15) is 23.6 Å². The molecule has 2 aromatic heterocycles. The Morgan fingerprint density at radius 3 is 2.44 bits per heavy atom. The Bertz CT molecular complexity index is 1600. The first kappa shape index (κ1) is 25.4. The van der Waals surface area contributed by atoms with E-state index in [2.05, 4.69) is 20.6 Å². The lowest BCUT2D eigenvalue weighted by atomic mass is 9.97. The van der Waals surface area contributed by atoms with E-state index in [1.807, 2.05) is 0 Å². The second-order valence-corrected chi connectivity index (χ2v) is 9.13. The molecule has 1 aliphatic rings. The number of halogens is 1. The smallest absolute Gasteiger partial charge is 0.268 e. The zero-order valence-electron chi connectivity index (χ0n) is 20.4. The number of hydrogen-bond acceptors (Lipinski definition) is 6. The van der Waals surface area contributed by atoms with Gasteiger partial charge in [0.2, 0.25) is 17.7 Å². The maximum absolute atomic E-state index is 13.2. The molecule has 1 aliphatic carbocycles. The average molecular weight is 531 g/mol. The molecular weight excluding hydrogens is 507 g/mol. The van der Waals surface area contributed by atoms with Crippen LogP contribution < -0.4 is 26.8 Å². The largest absolute Gasteiger partial charge is 0.457 e. The molecule has 5 rings (SSSR count). The Labute approximate surface area is 220 Å². The normalized spacial score (nSPS) is 17.8. The Morgan fingerprint density at radius 1 is 1.05 bits per heavy atom. The summed E-state index contributed by atoms with van der Waals surface area (Å²) in [5.41, 5.74) is 11.0. The van der Waals surface area contributed by atoms with E-state index in [4.69, 9.17) is 16.2 Å². The van der Waals surface area contributed by atoms with Crippen LogP contribution in [0, 0.1) is 11.2 Å². The number of aromatic amines is 1. The van der Waals surface area contributed by atoms with Gasteiger partial charge in [-0.2, -0.15) is 0 Å². The molecule has 39 heavy (non-hydrogen) atoms. The molecule has 0 radical (unpaired) electrons. The highest BCUT2D eigenvalue weighted by molar-refractivity contribution is 6.14. The van der Waals surface area contributed by atoms with Crippen LogP contribution in [0.2, 0.25) is 0 Å². The summed E-state index contributed by atoms with van der Waals surface area (Å²) in [5.74, 6) is -2.46. The average Bonchev–Trinajstić information content (AvgIpc) is 3.53. The first-order valence-electron chi connectivity index (χ1n) is 11.9. The van der Waals surface area contributed by atoms with Gasteiger partial charge >= 0.3 is 0 Å². The van der Waals surface area contributed by atoms with Gasteiger partial charge in [-0.05, 0) is 60.5 Å². The maximum Gasteiger partial charge on any atom is 0.268 e. The zero-order valence-corrected chi connectivity index (χ0v) is 20.4. The summed E-state index contributed by atoms with van der Waals surface area (Å²) >= 11 is 0. The molecule has 4 aromatic rings. The van der Waals surface area contributed by atoms with E-state index in [1.54, 1.807) is 36.4 Å². The van der Waals surface area contributed by atoms with Crippen molar-refractivity contribution in [3.63, 3.8) is 0 Å². The number of benzene rings is 2. The number of fused-ring (bicyclic) bond motifs is 1. The van der Waals surface area contributed by atoms with Gasteiger partial charge in [0.05, 0.1) is 11.9 Å². The molecule has 11 nitrogen and oxygen atoms in total. The van der Waals surface area contributed by atoms with Gasteiger partial charge in [-0.3, -0.25) is 19.2 Å². The summed E-state index contributed by atoms with van der Waals surface area (Å²) in [6.07, 6.45) is 1.75. The number of ether oxygens (including phenoxy) is 1. The van der Waals surface area contributed by atoms with Crippen molar-refractivity contribution in [3.05, 3.63) is 83.9 Å². The van der Waals surface area contributed by atoms with Crippen molar-refractivity contribution in [3.8, 4) is 11.5 Å². The van der Waals surface area contributed by atoms with Crippen molar-refractivity contribution in [1.29, 1.82) is 0 Å². The van der Waals surface area contributed by atoms with E-state index >= 15 is 0 Å². The molecule has 7 N–H and O–H groups in total. The number of rotatable bonds is 9. The van der Waals surface area contributed by atoms with Gasteiger partial charge in [-0.15, -0.1) is 0 Å². The molecule has 1 saturated carbocycles. The number of primary amides is 2. The third-order valence-electron chi connectivity index (χ3n) is 6.58. The van der Waals surface area contributed by atoms with E-state index < -0.39 is 40.8 Å². The number of carbonyl (C=O) groups is 4. The summed E-state index contributed by atoms with van der Waals surface area (Å²) in [4.78, 5) is 55.6. The van der Waals surface area contributed by atoms with Crippen molar-refractivity contribution in [2.45, 2.75) is 12.3 Å². The van der Waals surface area contributed by atoms with Gasteiger partial charge in [0.25, 0.3) is 5.91 Å². The Kier molecular flexibility index (Phi) is 6.44. The van der Waals surface area contributed by atoms with Crippen LogP contribution in [0.1, 0.15) is 28.4 Å². The minimum absolute atomic E-state index is 0.181.